The summed E-state index contributed by atoms with van der Waals surface area (Å²) in [4.78, 5) is 12.2. The Kier molecular flexibility index (Phi) is 4.11. The quantitative estimate of drug-likeness (QED) is 0.749. The summed E-state index contributed by atoms with van der Waals surface area (Å²) in [7, 11) is 0. The largest absolute Gasteiger partial charge is 0.316 e. The minimum absolute atomic E-state index is 0.0884. The van der Waals surface area contributed by atoms with Gasteiger partial charge in [0.05, 0.1) is 0 Å². The van der Waals surface area contributed by atoms with Crippen LogP contribution in [0.2, 0.25) is 0 Å². The summed E-state index contributed by atoms with van der Waals surface area (Å²) in [5.74, 6) is 0.759. The number of rotatable bonds is 4. The minimum Gasteiger partial charge on any atom is -0.316 e. The SMILES string of the molecule is CCC(CC)C(=O)C1(C)CCCNC1. The third kappa shape index (κ3) is 2.35. The van der Waals surface area contributed by atoms with Crippen molar-refractivity contribution in [3.63, 3.8) is 0 Å². The van der Waals surface area contributed by atoms with Crippen molar-refractivity contribution in [1.29, 1.82) is 0 Å². The van der Waals surface area contributed by atoms with Crippen molar-refractivity contribution < 1.29 is 4.79 Å². The van der Waals surface area contributed by atoms with Crippen LogP contribution in [0.15, 0.2) is 0 Å². The first-order valence-electron chi connectivity index (χ1n) is 5.89. The van der Waals surface area contributed by atoms with E-state index in [2.05, 4.69) is 26.1 Å². The smallest absolute Gasteiger partial charge is 0.143 e. The molecule has 1 atom stereocenters. The molecule has 82 valence electrons. The van der Waals surface area contributed by atoms with E-state index in [4.69, 9.17) is 0 Å². The Hall–Kier alpha value is -0.370. The van der Waals surface area contributed by atoms with Crippen molar-refractivity contribution >= 4 is 5.78 Å². The van der Waals surface area contributed by atoms with Crippen LogP contribution in [0.4, 0.5) is 0 Å². The van der Waals surface area contributed by atoms with Crippen molar-refractivity contribution in [1.82, 2.24) is 5.32 Å². The lowest BCUT2D eigenvalue weighted by Gasteiger charge is -2.35. The molecule has 2 heteroatoms. The van der Waals surface area contributed by atoms with Gasteiger partial charge in [-0.2, -0.15) is 0 Å². The first-order valence-corrected chi connectivity index (χ1v) is 5.89. The van der Waals surface area contributed by atoms with E-state index in [1.807, 2.05) is 0 Å². The summed E-state index contributed by atoms with van der Waals surface area (Å²) >= 11 is 0. The summed E-state index contributed by atoms with van der Waals surface area (Å²) in [5.41, 5.74) is -0.0884. The molecule has 1 aliphatic heterocycles. The first-order chi connectivity index (χ1) is 6.64. The molecular weight excluding hydrogens is 174 g/mol. The Morgan fingerprint density at radius 2 is 2.07 bits per heavy atom. The van der Waals surface area contributed by atoms with E-state index in [9.17, 15) is 4.79 Å². The molecule has 1 saturated heterocycles. The van der Waals surface area contributed by atoms with Gasteiger partial charge in [-0.1, -0.05) is 20.8 Å². The molecule has 0 aliphatic carbocycles. The van der Waals surface area contributed by atoms with Gasteiger partial charge in [-0.25, -0.2) is 0 Å². The Morgan fingerprint density at radius 1 is 1.43 bits per heavy atom. The van der Waals surface area contributed by atoms with Gasteiger partial charge in [0.2, 0.25) is 0 Å². The fourth-order valence-electron chi connectivity index (χ4n) is 2.42. The van der Waals surface area contributed by atoms with Crippen molar-refractivity contribution in [3.8, 4) is 0 Å². The lowest BCUT2D eigenvalue weighted by molar-refractivity contribution is -0.133. The fraction of sp³-hybridized carbons (Fsp3) is 0.917. The van der Waals surface area contributed by atoms with Gasteiger partial charge in [0.25, 0.3) is 0 Å². The van der Waals surface area contributed by atoms with Crippen LogP contribution in [0.5, 0.6) is 0 Å². The van der Waals surface area contributed by atoms with Crippen LogP contribution in [-0.4, -0.2) is 18.9 Å². The second-order valence-corrected chi connectivity index (χ2v) is 4.72. The molecule has 0 spiro atoms. The van der Waals surface area contributed by atoms with Crippen LogP contribution < -0.4 is 5.32 Å². The zero-order valence-electron chi connectivity index (χ0n) is 9.73. The maximum absolute atomic E-state index is 12.2. The molecule has 1 heterocycles. The molecule has 0 aromatic carbocycles. The molecule has 14 heavy (non-hydrogen) atoms. The van der Waals surface area contributed by atoms with Crippen molar-refractivity contribution in [2.75, 3.05) is 13.1 Å². The topological polar surface area (TPSA) is 29.1 Å². The standard InChI is InChI=1S/C12H23NO/c1-4-10(5-2)11(14)12(3)7-6-8-13-9-12/h10,13H,4-9H2,1-3H3. The van der Waals surface area contributed by atoms with E-state index in [-0.39, 0.29) is 11.3 Å². The van der Waals surface area contributed by atoms with Crippen LogP contribution in [0.3, 0.4) is 0 Å². The van der Waals surface area contributed by atoms with Gasteiger partial charge in [0.15, 0.2) is 0 Å². The summed E-state index contributed by atoms with van der Waals surface area (Å²) in [6.07, 6.45) is 4.19. The second-order valence-electron chi connectivity index (χ2n) is 4.72. The predicted octanol–water partition coefficient (Wildman–Crippen LogP) is 2.38. The van der Waals surface area contributed by atoms with E-state index in [1.165, 1.54) is 0 Å². The Labute approximate surface area is 87.5 Å². The highest BCUT2D eigenvalue weighted by atomic mass is 16.1. The van der Waals surface area contributed by atoms with Gasteiger partial charge in [0.1, 0.15) is 5.78 Å². The van der Waals surface area contributed by atoms with Gasteiger partial charge < -0.3 is 5.32 Å². The fourth-order valence-corrected chi connectivity index (χ4v) is 2.42. The van der Waals surface area contributed by atoms with Gasteiger partial charge in [0, 0.05) is 17.9 Å². The second kappa shape index (κ2) is 4.92. The van der Waals surface area contributed by atoms with Crippen LogP contribution >= 0.6 is 0 Å². The molecule has 1 N–H and O–H groups in total. The molecule has 0 amide bonds. The normalized spacial score (nSPS) is 28.0. The maximum Gasteiger partial charge on any atom is 0.143 e. The number of piperidine rings is 1. The Bertz CT molecular complexity index is 190. The van der Waals surface area contributed by atoms with Gasteiger partial charge >= 0.3 is 0 Å². The van der Waals surface area contributed by atoms with E-state index < -0.39 is 0 Å². The molecular formula is C12H23NO. The molecule has 1 rings (SSSR count). The lowest BCUT2D eigenvalue weighted by atomic mass is 9.73. The summed E-state index contributed by atoms with van der Waals surface area (Å²) in [5, 5.41) is 3.34. The van der Waals surface area contributed by atoms with Crippen LogP contribution in [-0.2, 0) is 4.79 Å². The molecule has 2 nitrogen and oxygen atoms in total. The highest BCUT2D eigenvalue weighted by molar-refractivity contribution is 5.87. The third-order valence-corrected chi connectivity index (χ3v) is 3.55. The van der Waals surface area contributed by atoms with Crippen molar-refractivity contribution in [3.05, 3.63) is 0 Å². The highest BCUT2D eigenvalue weighted by Crippen LogP contribution is 2.31. The summed E-state index contributed by atoms with van der Waals surface area (Å²) < 4.78 is 0. The number of carbonyl (C=O) groups excluding carboxylic acids is 1. The van der Waals surface area contributed by atoms with E-state index in [1.54, 1.807) is 0 Å². The minimum atomic E-state index is -0.0884. The average molecular weight is 197 g/mol. The highest BCUT2D eigenvalue weighted by Gasteiger charge is 2.37. The molecule has 0 saturated carbocycles. The summed E-state index contributed by atoms with van der Waals surface area (Å²) in [6.45, 7) is 8.31. The molecule has 1 unspecified atom stereocenters. The van der Waals surface area contributed by atoms with Crippen LogP contribution in [0.25, 0.3) is 0 Å². The van der Waals surface area contributed by atoms with Gasteiger partial charge in [-0.3, -0.25) is 4.79 Å². The van der Waals surface area contributed by atoms with Gasteiger partial charge in [-0.05, 0) is 32.2 Å². The number of hydrogen-bond acceptors (Lipinski definition) is 2. The van der Waals surface area contributed by atoms with Gasteiger partial charge in [-0.15, -0.1) is 0 Å². The molecule has 1 fully saturated rings. The van der Waals surface area contributed by atoms with Crippen molar-refractivity contribution in [2.45, 2.75) is 46.5 Å². The average Bonchev–Trinajstić information content (AvgIpc) is 2.20. The molecule has 0 aromatic heterocycles. The predicted molar refractivity (Wildman–Crippen MR) is 59.3 cm³/mol. The zero-order chi connectivity index (χ0) is 10.6. The monoisotopic (exact) mass is 197 g/mol. The van der Waals surface area contributed by atoms with E-state index in [0.717, 1.165) is 38.8 Å². The number of hydrogen-bond donors (Lipinski definition) is 1. The molecule has 0 radical (unpaired) electrons. The Morgan fingerprint density at radius 3 is 2.50 bits per heavy atom. The molecule has 0 bridgehead atoms. The number of nitrogens with one attached hydrogen (secondary N) is 1. The van der Waals surface area contributed by atoms with E-state index >= 15 is 0 Å². The third-order valence-electron chi connectivity index (χ3n) is 3.55. The van der Waals surface area contributed by atoms with Crippen LogP contribution in [0.1, 0.15) is 46.5 Å². The zero-order valence-corrected chi connectivity index (χ0v) is 9.73. The van der Waals surface area contributed by atoms with E-state index in [0.29, 0.717) is 5.78 Å². The number of Topliss-reactive ketones (excluding diaryl/α,β-unsaturated/α-hetero) is 1. The number of carbonyl (C=O) groups is 1. The van der Waals surface area contributed by atoms with Crippen LogP contribution in [0, 0.1) is 11.3 Å². The number of ketones is 1. The Balaban J connectivity index is 2.64. The first kappa shape index (κ1) is 11.7. The van der Waals surface area contributed by atoms with Crippen molar-refractivity contribution in [2.24, 2.45) is 11.3 Å². The molecule has 1 aliphatic rings. The lowest BCUT2D eigenvalue weighted by Crippen LogP contribution is -2.45. The summed E-state index contributed by atoms with van der Waals surface area (Å²) in [6, 6.07) is 0. The molecule has 0 aromatic rings. The maximum atomic E-state index is 12.2.